The molecule has 6 aromatic rings. The fourth-order valence-corrected chi connectivity index (χ4v) is 4.01. The van der Waals surface area contributed by atoms with Crippen LogP contribution in [0, 0.1) is 13.8 Å². The number of carboxylic acids is 1. The molecule has 0 radical (unpaired) electrons. The van der Waals surface area contributed by atoms with E-state index in [9.17, 15) is 14.7 Å². The number of aromatic amines is 2. The van der Waals surface area contributed by atoms with Crippen molar-refractivity contribution in [1.29, 1.82) is 0 Å². The summed E-state index contributed by atoms with van der Waals surface area (Å²) < 4.78 is 0. The molecule has 220 valence electrons. The van der Waals surface area contributed by atoms with Gasteiger partial charge < -0.3 is 31.9 Å². The third-order valence-electron chi connectivity index (χ3n) is 6.16. The molecule has 0 saturated carbocycles. The maximum absolute atomic E-state index is 10.3. The average Bonchev–Trinajstić information content (AvgIpc) is 3.48. The summed E-state index contributed by atoms with van der Waals surface area (Å²) in [5.41, 5.74) is 15.5. The number of hydrogen-bond acceptors (Lipinski definition) is 6. The molecule has 9 heteroatoms. The SMILES string of the molecule is Cc1cc2ccccc2c(-c2ccccc2)c1O.Cc1ccc(O)c(N)c1.Nc1ccccc1C(=O)O.O=c1cc[nH][nH]1. The Kier molecular flexibility index (Phi) is 11.1. The largest absolute Gasteiger partial charge is 0.507 e. The number of anilines is 2. The van der Waals surface area contributed by atoms with Crippen molar-refractivity contribution in [3.63, 3.8) is 0 Å². The quantitative estimate of drug-likeness (QED) is 0.0908. The van der Waals surface area contributed by atoms with Crippen LogP contribution in [0.2, 0.25) is 0 Å². The molecule has 0 bridgehead atoms. The zero-order valence-electron chi connectivity index (χ0n) is 23.8. The molecule has 0 unspecified atom stereocenters. The number of phenolic OH excluding ortho intramolecular Hbond substituents is 2. The number of aryl methyl sites for hydroxylation is 2. The molecule has 0 saturated heterocycles. The van der Waals surface area contributed by atoms with Gasteiger partial charge in [-0.1, -0.05) is 72.8 Å². The number of nitrogens with two attached hydrogens (primary N) is 2. The van der Waals surface area contributed by atoms with E-state index >= 15 is 0 Å². The van der Waals surface area contributed by atoms with E-state index in [0.717, 1.165) is 33.0 Å². The minimum Gasteiger partial charge on any atom is -0.507 e. The lowest BCUT2D eigenvalue weighted by atomic mass is 9.95. The summed E-state index contributed by atoms with van der Waals surface area (Å²) >= 11 is 0. The van der Waals surface area contributed by atoms with Gasteiger partial charge in [0.15, 0.2) is 0 Å². The summed E-state index contributed by atoms with van der Waals surface area (Å²) in [6, 6.07) is 33.1. The number of fused-ring (bicyclic) bond motifs is 1. The average molecular weight is 579 g/mol. The van der Waals surface area contributed by atoms with Crippen LogP contribution in [0.25, 0.3) is 21.9 Å². The van der Waals surface area contributed by atoms with Crippen molar-refractivity contribution in [2.45, 2.75) is 13.8 Å². The highest BCUT2D eigenvalue weighted by Gasteiger charge is 2.11. The lowest BCUT2D eigenvalue weighted by molar-refractivity contribution is 0.0698. The first kappa shape index (κ1) is 31.6. The van der Waals surface area contributed by atoms with Gasteiger partial charge in [0.05, 0.1) is 11.3 Å². The molecule has 0 aliphatic heterocycles. The summed E-state index contributed by atoms with van der Waals surface area (Å²) in [6.07, 6.45) is 1.54. The first-order valence-corrected chi connectivity index (χ1v) is 13.2. The predicted molar refractivity (Wildman–Crippen MR) is 172 cm³/mol. The highest BCUT2D eigenvalue weighted by Crippen LogP contribution is 2.38. The fraction of sp³-hybridized carbons (Fsp3) is 0.0588. The molecular formula is C34H34N4O5. The molecule has 43 heavy (non-hydrogen) atoms. The number of aromatic nitrogens is 2. The van der Waals surface area contributed by atoms with Gasteiger partial charge in [-0.05, 0) is 71.6 Å². The minimum absolute atomic E-state index is 0.0880. The van der Waals surface area contributed by atoms with Crippen molar-refractivity contribution in [3.8, 4) is 22.6 Å². The van der Waals surface area contributed by atoms with E-state index in [-0.39, 0.29) is 16.9 Å². The standard InChI is InChI=1S/C17H14O.C7H7NO2.C7H9NO.C3H4N2O/c1-12-11-14-9-5-6-10-15(14)16(17(12)18)13-7-3-2-4-8-13;8-6-4-2-1-3-5(6)7(9)10;1-5-2-3-7(9)6(8)4-5;6-3-1-2-4-5-3/h2-11,18H,1H3;1-4H,8H2,(H,9,10);2-4,9H,8H2,1H3;1-2H,(H2,4,5,6). The number of carboxylic acid groups (broad SMARTS) is 1. The Morgan fingerprint density at radius 3 is 1.93 bits per heavy atom. The van der Waals surface area contributed by atoms with Gasteiger partial charge in [0, 0.05) is 23.5 Å². The van der Waals surface area contributed by atoms with E-state index in [1.54, 1.807) is 36.5 Å². The molecule has 5 aromatic carbocycles. The van der Waals surface area contributed by atoms with Crippen LogP contribution < -0.4 is 17.0 Å². The van der Waals surface area contributed by atoms with Crippen LogP contribution in [-0.4, -0.2) is 31.5 Å². The van der Waals surface area contributed by atoms with Gasteiger partial charge in [0.2, 0.25) is 0 Å². The second-order valence-corrected chi connectivity index (χ2v) is 9.43. The molecule has 6 rings (SSSR count). The van der Waals surface area contributed by atoms with Crippen LogP contribution in [0.4, 0.5) is 11.4 Å². The molecule has 0 aliphatic carbocycles. The van der Waals surface area contributed by atoms with Gasteiger partial charge in [-0.25, -0.2) is 4.79 Å². The zero-order valence-corrected chi connectivity index (χ0v) is 23.8. The highest BCUT2D eigenvalue weighted by atomic mass is 16.4. The van der Waals surface area contributed by atoms with Crippen molar-refractivity contribution in [1.82, 2.24) is 10.2 Å². The van der Waals surface area contributed by atoms with Gasteiger partial charge in [0.25, 0.3) is 5.56 Å². The smallest absolute Gasteiger partial charge is 0.337 e. The first-order chi connectivity index (χ1) is 20.6. The lowest BCUT2D eigenvalue weighted by Crippen LogP contribution is -2.00. The Morgan fingerprint density at radius 2 is 1.40 bits per heavy atom. The molecule has 0 aliphatic rings. The topological polar surface area (TPSA) is 178 Å². The Morgan fingerprint density at radius 1 is 0.744 bits per heavy atom. The molecule has 0 atom stereocenters. The monoisotopic (exact) mass is 578 g/mol. The normalized spacial score (nSPS) is 9.81. The van der Waals surface area contributed by atoms with Gasteiger partial charge in [0.1, 0.15) is 11.5 Å². The number of benzene rings is 5. The Labute approximate surface area is 248 Å². The molecule has 1 heterocycles. The van der Waals surface area contributed by atoms with Crippen LogP contribution in [0.5, 0.6) is 11.5 Å². The zero-order chi connectivity index (χ0) is 31.4. The van der Waals surface area contributed by atoms with Crippen molar-refractivity contribution in [3.05, 3.63) is 142 Å². The number of carbonyl (C=O) groups is 1. The van der Waals surface area contributed by atoms with Crippen molar-refractivity contribution in [2.24, 2.45) is 0 Å². The van der Waals surface area contributed by atoms with Crippen molar-refractivity contribution < 1.29 is 20.1 Å². The van der Waals surface area contributed by atoms with E-state index in [1.807, 2.05) is 68.4 Å². The Hall–Kier alpha value is -5.96. The van der Waals surface area contributed by atoms with E-state index in [2.05, 4.69) is 22.3 Å². The number of hydrogen-bond donors (Lipinski definition) is 7. The number of nitrogens with one attached hydrogen (secondary N) is 2. The highest BCUT2D eigenvalue weighted by molar-refractivity contribution is 6.00. The van der Waals surface area contributed by atoms with Crippen LogP contribution in [0.3, 0.4) is 0 Å². The van der Waals surface area contributed by atoms with Gasteiger partial charge >= 0.3 is 5.97 Å². The Balaban J connectivity index is 0.000000172. The van der Waals surface area contributed by atoms with E-state index in [1.165, 1.54) is 12.1 Å². The second-order valence-electron chi connectivity index (χ2n) is 9.43. The third kappa shape index (κ3) is 9.02. The lowest BCUT2D eigenvalue weighted by Gasteiger charge is -2.12. The molecule has 0 spiro atoms. The number of aromatic carboxylic acids is 1. The summed E-state index contributed by atoms with van der Waals surface area (Å²) in [6.45, 7) is 3.87. The van der Waals surface area contributed by atoms with Crippen LogP contribution in [-0.2, 0) is 0 Å². The maximum atomic E-state index is 10.3. The van der Waals surface area contributed by atoms with E-state index in [0.29, 0.717) is 17.1 Å². The van der Waals surface area contributed by atoms with E-state index < -0.39 is 5.97 Å². The van der Waals surface area contributed by atoms with Gasteiger partial charge in [-0.2, -0.15) is 0 Å². The molecular weight excluding hydrogens is 544 g/mol. The molecule has 1 aromatic heterocycles. The first-order valence-electron chi connectivity index (χ1n) is 13.2. The summed E-state index contributed by atoms with van der Waals surface area (Å²) in [4.78, 5) is 20.3. The van der Waals surface area contributed by atoms with Gasteiger partial charge in [-0.15, -0.1) is 0 Å². The Bertz CT molecular complexity index is 1830. The minimum atomic E-state index is -0.988. The molecule has 0 amide bonds. The maximum Gasteiger partial charge on any atom is 0.337 e. The number of H-pyrrole nitrogens is 2. The fourth-order valence-electron chi connectivity index (χ4n) is 4.01. The summed E-state index contributed by atoms with van der Waals surface area (Å²) in [5, 5.41) is 34.8. The van der Waals surface area contributed by atoms with Crippen molar-refractivity contribution in [2.75, 3.05) is 11.5 Å². The predicted octanol–water partition coefficient (Wildman–Crippen LogP) is 6.47. The third-order valence-corrected chi connectivity index (χ3v) is 6.16. The number of aromatic hydroxyl groups is 2. The molecule has 9 N–H and O–H groups in total. The molecule has 9 nitrogen and oxygen atoms in total. The molecule has 0 fully saturated rings. The summed E-state index contributed by atoms with van der Waals surface area (Å²) in [5.74, 6) is -0.460. The van der Waals surface area contributed by atoms with Crippen molar-refractivity contribution >= 4 is 28.1 Å². The van der Waals surface area contributed by atoms with E-state index in [4.69, 9.17) is 21.7 Å². The van der Waals surface area contributed by atoms with Gasteiger partial charge in [-0.3, -0.25) is 9.89 Å². The second kappa shape index (κ2) is 15.2. The summed E-state index contributed by atoms with van der Waals surface area (Å²) in [7, 11) is 0. The number of phenols is 2. The van der Waals surface area contributed by atoms with Crippen LogP contribution >= 0.6 is 0 Å². The number of rotatable bonds is 2. The number of nitrogen functional groups attached to an aromatic ring is 2. The van der Waals surface area contributed by atoms with Crippen LogP contribution in [0.1, 0.15) is 21.5 Å². The number of para-hydroxylation sites is 1. The van der Waals surface area contributed by atoms with Crippen LogP contribution in [0.15, 0.2) is 120 Å².